The summed E-state index contributed by atoms with van der Waals surface area (Å²) in [6, 6.07) is 9.97. The van der Waals surface area contributed by atoms with Crippen molar-refractivity contribution in [1.29, 1.82) is 0 Å². The number of likely N-dealkylation sites (tertiary alicyclic amines) is 1. The summed E-state index contributed by atoms with van der Waals surface area (Å²) < 4.78 is 73.7. The number of piperidine rings is 1. The van der Waals surface area contributed by atoms with Crippen molar-refractivity contribution in [3.63, 3.8) is 0 Å². The fourth-order valence-corrected chi connectivity index (χ4v) is 6.97. The second kappa shape index (κ2) is 11.8. The maximum atomic E-state index is 14.7. The van der Waals surface area contributed by atoms with Gasteiger partial charge in [0.25, 0.3) is 0 Å². The van der Waals surface area contributed by atoms with E-state index >= 15 is 0 Å². The van der Waals surface area contributed by atoms with E-state index in [0.717, 1.165) is 6.54 Å². The van der Waals surface area contributed by atoms with Crippen molar-refractivity contribution in [3.05, 3.63) is 46.8 Å². The number of fused-ring (bicyclic) bond motifs is 1. The summed E-state index contributed by atoms with van der Waals surface area (Å²) in [4.78, 5) is 2.26. The first-order chi connectivity index (χ1) is 18.4. The van der Waals surface area contributed by atoms with Crippen molar-refractivity contribution >= 4 is 45.2 Å². The van der Waals surface area contributed by atoms with Crippen LogP contribution in [-0.2, 0) is 11.0 Å². The molecule has 11 heteroatoms. The Labute approximate surface area is 230 Å². The summed E-state index contributed by atoms with van der Waals surface area (Å²) in [5.74, 6) is 6.36. The summed E-state index contributed by atoms with van der Waals surface area (Å²) in [7, 11) is 0.849. The highest BCUT2D eigenvalue weighted by atomic mass is 32.1. The van der Waals surface area contributed by atoms with Gasteiger partial charge >= 0.3 is 6.18 Å². The van der Waals surface area contributed by atoms with Gasteiger partial charge in [0.2, 0.25) is 0 Å². The summed E-state index contributed by atoms with van der Waals surface area (Å²) in [6.07, 6.45) is -5.97. The number of methoxy groups -OCH3 is 1. The van der Waals surface area contributed by atoms with Gasteiger partial charge in [-0.3, -0.25) is 0 Å². The van der Waals surface area contributed by atoms with Crippen LogP contribution in [0.5, 0.6) is 5.75 Å². The van der Waals surface area contributed by atoms with E-state index in [4.69, 9.17) is 4.74 Å². The molecule has 2 atom stereocenters. The molecule has 2 heterocycles. The third kappa shape index (κ3) is 7.27. The van der Waals surface area contributed by atoms with Gasteiger partial charge in [-0.25, -0.2) is 4.39 Å². The number of rotatable bonds is 7. The summed E-state index contributed by atoms with van der Waals surface area (Å²) in [6.45, 7) is 4.57. The smallest absolute Gasteiger partial charge is 0.393 e. The van der Waals surface area contributed by atoms with Crippen LogP contribution in [0.4, 0.5) is 28.9 Å². The zero-order valence-corrected chi connectivity index (χ0v) is 24.0. The number of thiophene rings is 1. The van der Waals surface area contributed by atoms with Crippen molar-refractivity contribution in [1.82, 2.24) is 4.90 Å². The lowest BCUT2D eigenvalue weighted by molar-refractivity contribution is -0.126. The van der Waals surface area contributed by atoms with Gasteiger partial charge in [-0.2, -0.15) is 13.2 Å². The molecule has 0 unspecified atom stereocenters. The van der Waals surface area contributed by atoms with E-state index < -0.39 is 32.0 Å². The maximum absolute atomic E-state index is 14.7. The number of hydrogen-bond acceptors (Lipinski definition) is 6. The predicted octanol–water partition coefficient (Wildman–Crippen LogP) is 6.18. The number of ether oxygens (including phenoxy) is 1. The molecule has 1 saturated heterocycles. The van der Waals surface area contributed by atoms with E-state index in [0.29, 0.717) is 50.4 Å². The van der Waals surface area contributed by atoms with E-state index in [1.807, 2.05) is 11.9 Å². The normalized spacial score (nSPS) is 18.5. The quantitative estimate of drug-likeness (QED) is 0.198. The van der Waals surface area contributed by atoms with Crippen molar-refractivity contribution in [2.75, 3.05) is 57.8 Å². The SMILES string of the molecule is COc1cc(NCC#Cc2sc3c(N[C@@H]4CCN(C)C[C@@H]4F)cccc3c2CC(F)(F)F)ccc1P(C)(C)=O. The van der Waals surface area contributed by atoms with E-state index in [9.17, 15) is 22.1 Å². The van der Waals surface area contributed by atoms with E-state index in [1.165, 1.54) is 18.4 Å². The molecule has 1 fully saturated rings. The Balaban J connectivity index is 1.59. The van der Waals surface area contributed by atoms with Crippen LogP contribution in [0, 0.1) is 11.8 Å². The molecule has 1 aliphatic rings. The molecule has 0 amide bonds. The highest BCUT2D eigenvalue weighted by Gasteiger charge is 2.32. The minimum absolute atomic E-state index is 0.131. The summed E-state index contributed by atoms with van der Waals surface area (Å²) in [5.41, 5.74) is 1.45. The second-order valence-corrected chi connectivity index (χ2v) is 14.3. The van der Waals surface area contributed by atoms with Crippen LogP contribution in [0.3, 0.4) is 0 Å². The molecular formula is C28H32F4N3O2PS. The van der Waals surface area contributed by atoms with Crippen LogP contribution in [0.15, 0.2) is 36.4 Å². The standard InChI is InChI=1S/C28H32F4N3O2PS/c1-35-14-12-22(21(29)17-35)34-23-8-5-7-19-20(16-28(30,31)32)26(39-27(19)23)9-6-13-33-18-10-11-25(38(3,4)36)24(15-18)37-2/h5,7-8,10-11,15,21-22,33-34H,12-14,16-17H2,1-4H3/t21-,22+/m0/s1. The lowest BCUT2D eigenvalue weighted by Crippen LogP contribution is -2.46. The Bertz CT molecular complexity index is 1440. The fraction of sp³-hybridized carbons (Fsp3) is 0.429. The van der Waals surface area contributed by atoms with Crippen LogP contribution >= 0.6 is 18.5 Å². The van der Waals surface area contributed by atoms with Crippen molar-refractivity contribution in [2.24, 2.45) is 0 Å². The zero-order chi connectivity index (χ0) is 28.4. The van der Waals surface area contributed by atoms with Gasteiger partial charge < -0.3 is 24.8 Å². The Morgan fingerprint density at radius 1 is 1.23 bits per heavy atom. The van der Waals surface area contributed by atoms with Crippen LogP contribution < -0.4 is 20.7 Å². The van der Waals surface area contributed by atoms with Gasteiger partial charge in [-0.05, 0) is 55.9 Å². The second-order valence-electron chi connectivity index (χ2n) is 10.1. The van der Waals surface area contributed by atoms with Gasteiger partial charge in [0.1, 0.15) is 19.1 Å². The molecule has 0 spiro atoms. The average Bonchev–Trinajstić information content (AvgIpc) is 3.19. The Hall–Kier alpha value is -2.73. The molecule has 2 aromatic carbocycles. The van der Waals surface area contributed by atoms with Crippen LogP contribution in [0.1, 0.15) is 16.9 Å². The average molecular weight is 582 g/mol. The molecule has 39 heavy (non-hydrogen) atoms. The monoisotopic (exact) mass is 581 g/mol. The van der Waals surface area contributed by atoms with Gasteiger partial charge in [0, 0.05) is 24.8 Å². The van der Waals surface area contributed by atoms with E-state index in [-0.39, 0.29) is 12.1 Å². The first-order valence-electron chi connectivity index (χ1n) is 12.5. The Morgan fingerprint density at radius 2 is 2.00 bits per heavy atom. The predicted molar refractivity (Wildman–Crippen MR) is 153 cm³/mol. The Morgan fingerprint density at radius 3 is 2.67 bits per heavy atom. The molecule has 0 radical (unpaired) electrons. The number of anilines is 2. The van der Waals surface area contributed by atoms with Crippen molar-refractivity contribution < 1.29 is 26.9 Å². The van der Waals surface area contributed by atoms with Gasteiger partial charge in [0.05, 0.1) is 46.7 Å². The summed E-state index contributed by atoms with van der Waals surface area (Å²) >= 11 is 1.19. The summed E-state index contributed by atoms with van der Waals surface area (Å²) in [5, 5.41) is 7.48. The number of benzene rings is 2. The van der Waals surface area contributed by atoms with Crippen LogP contribution in [0.25, 0.3) is 10.1 Å². The molecule has 2 N–H and O–H groups in total. The molecule has 1 aromatic heterocycles. The number of halogens is 4. The van der Waals surface area contributed by atoms with Crippen molar-refractivity contribution in [3.8, 4) is 17.6 Å². The topological polar surface area (TPSA) is 53.6 Å². The minimum atomic E-state index is -4.40. The molecule has 1 aliphatic heterocycles. The van der Waals surface area contributed by atoms with Crippen LogP contribution in [0.2, 0.25) is 0 Å². The van der Waals surface area contributed by atoms with Gasteiger partial charge in [0.15, 0.2) is 0 Å². The number of nitrogens with one attached hydrogen (secondary N) is 2. The van der Waals surface area contributed by atoms with Crippen molar-refractivity contribution in [2.45, 2.75) is 31.2 Å². The lowest BCUT2D eigenvalue weighted by atomic mass is 10.0. The highest BCUT2D eigenvalue weighted by molar-refractivity contribution is 7.70. The lowest BCUT2D eigenvalue weighted by Gasteiger charge is -2.33. The molecule has 210 valence electrons. The minimum Gasteiger partial charge on any atom is -0.496 e. The van der Waals surface area contributed by atoms with Crippen LogP contribution in [-0.4, -0.2) is 70.4 Å². The van der Waals surface area contributed by atoms with Gasteiger partial charge in [-0.1, -0.05) is 24.0 Å². The Kier molecular flexibility index (Phi) is 8.85. The molecule has 3 aromatic rings. The highest BCUT2D eigenvalue weighted by Crippen LogP contribution is 2.40. The third-order valence-electron chi connectivity index (χ3n) is 6.62. The maximum Gasteiger partial charge on any atom is 0.393 e. The molecule has 0 saturated carbocycles. The zero-order valence-electron chi connectivity index (χ0n) is 22.3. The largest absolute Gasteiger partial charge is 0.496 e. The number of alkyl halides is 4. The fourth-order valence-electron chi connectivity index (χ4n) is 4.68. The first-order valence-corrected chi connectivity index (χ1v) is 15.9. The van der Waals surface area contributed by atoms with Gasteiger partial charge in [-0.15, -0.1) is 11.3 Å². The molecule has 4 rings (SSSR count). The third-order valence-corrected chi connectivity index (χ3v) is 9.35. The number of hydrogen-bond donors (Lipinski definition) is 2. The molecule has 0 bridgehead atoms. The number of nitrogens with zero attached hydrogens (tertiary/aromatic N) is 1. The molecule has 5 nitrogen and oxygen atoms in total. The molecular weight excluding hydrogens is 549 g/mol. The van der Waals surface area contributed by atoms with E-state index in [1.54, 1.807) is 49.7 Å². The van der Waals surface area contributed by atoms with E-state index in [2.05, 4.69) is 22.5 Å². The first kappa shape index (κ1) is 29.3. The molecule has 0 aliphatic carbocycles.